The zero-order valence-corrected chi connectivity index (χ0v) is 12.9. The predicted octanol–water partition coefficient (Wildman–Crippen LogP) is 3.78. The fourth-order valence-corrected chi connectivity index (χ4v) is 2.80. The van der Waals surface area contributed by atoms with Gasteiger partial charge in [-0.2, -0.15) is 0 Å². The second-order valence-corrected chi connectivity index (χ2v) is 5.65. The summed E-state index contributed by atoms with van der Waals surface area (Å²) in [6, 6.07) is 17.5. The monoisotopic (exact) mass is 296 g/mol. The summed E-state index contributed by atoms with van der Waals surface area (Å²) >= 11 is 0. The Hall–Kier alpha value is -2.49. The smallest absolute Gasteiger partial charge is 0.328 e. The lowest BCUT2D eigenvalue weighted by Gasteiger charge is -2.39. The van der Waals surface area contributed by atoms with E-state index >= 15 is 0 Å². The van der Waals surface area contributed by atoms with E-state index in [4.69, 9.17) is 4.74 Å². The normalized spacial score (nSPS) is 18.5. The highest BCUT2D eigenvalue weighted by Crippen LogP contribution is 2.28. The maximum Gasteiger partial charge on any atom is 0.328 e. The first-order valence-electron chi connectivity index (χ1n) is 7.47. The second-order valence-electron chi connectivity index (χ2n) is 5.65. The van der Waals surface area contributed by atoms with Crippen LogP contribution in [0.25, 0.3) is 0 Å². The molecule has 0 bridgehead atoms. The number of urea groups is 1. The molecule has 3 rings (SSSR count). The van der Waals surface area contributed by atoms with E-state index in [1.54, 1.807) is 7.11 Å². The van der Waals surface area contributed by atoms with Gasteiger partial charge >= 0.3 is 6.03 Å². The van der Waals surface area contributed by atoms with E-state index in [0.717, 1.165) is 30.2 Å². The number of rotatable bonds is 3. The molecule has 0 N–H and O–H groups in total. The summed E-state index contributed by atoms with van der Waals surface area (Å²) in [5.41, 5.74) is 1.81. The molecule has 1 heterocycles. The van der Waals surface area contributed by atoms with Gasteiger partial charge in [-0.25, -0.2) is 4.79 Å². The van der Waals surface area contributed by atoms with Crippen molar-refractivity contribution in [2.24, 2.45) is 5.92 Å². The van der Waals surface area contributed by atoms with Crippen LogP contribution in [0.2, 0.25) is 0 Å². The Kier molecular flexibility index (Phi) is 4.00. The largest absolute Gasteiger partial charge is 0.497 e. The lowest BCUT2D eigenvalue weighted by Crippen LogP contribution is -2.53. The van der Waals surface area contributed by atoms with E-state index in [1.807, 2.05) is 64.4 Å². The number of benzene rings is 2. The minimum absolute atomic E-state index is 0.0116. The van der Waals surface area contributed by atoms with Gasteiger partial charge in [0.05, 0.1) is 7.11 Å². The first kappa shape index (κ1) is 14.4. The molecule has 0 spiro atoms. The van der Waals surface area contributed by atoms with Gasteiger partial charge in [0.1, 0.15) is 5.75 Å². The van der Waals surface area contributed by atoms with Crippen molar-refractivity contribution < 1.29 is 9.53 Å². The van der Waals surface area contributed by atoms with E-state index in [1.165, 1.54) is 0 Å². The van der Waals surface area contributed by atoms with Gasteiger partial charge < -0.3 is 4.74 Å². The van der Waals surface area contributed by atoms with Crippen LogP contribution in [0.5, 0.6) is 5.75 Å². The molecular weight excluding hydrogens is 276 g/mol. The quantitative estimate of drug-likeness (QED) is 0.863. The van der Waals surface area contributed by atoms with E-state index in [0.29, 0.717) is 5.92 Å². The lowest BCUT2D eigenvalue weighted by atomic mass is 10.1. The highest BCUT2D eigenvalue weighted by molar-refractivity contribution is 6.04. The molecule has 114 valence electrons. The van der Waals surface area contributed by atoms with Gasteiger partial charge in [-0.3, -0.25) is 9.80 Å². The van der Waals surface area contributed by atoms with Crippen LogP contribution in [0.3, 0.4) is 0 Å². The zero-order valence-electron chi connectivity index (χ0n) is 12.9. The van der Waals surface area contributed by atoms with Crippen molar-refractivity contribution in [1.29, 1.82) is 0 Å². The molecule has 1 saturated heterocycles. The molecule has 0 radical (unpaired) electrons. The molecule has 22 heavy (non-hydrogen) atoms. The second kappa shape index (κ2) is 6.10. The number of ether oxygens (including phenoxy) is 1. The average molecular weight is 296 g/mol. The van der Waals surface area contributed by atoms with Gasteiger partial charge in [-0.1, -0.05) is 31.2 Å². The molecule has 4 heteroatoms. The van der Waals surface area contributed by atoms with Crippen molar-refractivity contribution >= 4 is 17.4 Å². The number of hydrogen-bond acceptors (Lipinski definition) is 2. The van der Waals surface area contributed by atoms with Gasteiger partial charge in [0, 0.05) is 30.5 Å². The summed E-state index contributed by atoms with van der Waals surface area (Å²) in [7, 11) is 1.63. The van der Waals surface area contributed by atoms with E-state index in [-0.39, 0.29) is 6.03 Å². The Labute approximate surface area is 130 Å². The summed E-state index contributed by atoms with van der Waals surface area (Å²) in [5.74, 6) is 1.15. The van der Waals surface area contributed by atoms with Gasteiger partial charge in [-0.05, 0) is 30.2 Å². The molecule has 2 aromatic carbocycles. The highest BCUT2D eigenvalue weighted by atomic mass is 16.5. The van der Waals surface area contributed by atoms with Crippen molar-refractivity contribution in [3.63, 3.8) is 0 Å². The minimum atomic E-state index is 0.0116. The zero-order chi connectivity index (χ0) is 15.5. The summed E-state index contributed by atoms with van der Waals surface area (Å²) in [5, 5.41) is 0. The van der Waals surface area contributed by atoms with Crippen molar-refractivity contribution in [1.82, 2.24) is 0 Å². The Morgan fingerprint density at radius 3 is 2.27 bits per heavy atom. The van der Waals surface area contributed by atoms with E-state index in [9.17, 15) is 4.79 Å². The van der Waals surface area contributed by atoms with Crippen LogP contribution in [0.15, 0.2) is 54.6 Å². The van der Waals surface area contributed by atoms with Crippen LogP contribution in [-0.4, -0.2) is 26.2 Å². The molecule has 1 aliphatic rings. The summed E-state index contributed by atoms with van der Waals surface area (Å²) < 4.78 is 5.27. The fraction of sp³-hybridized carbons (Fsp3) is 0.278. The number of carbonyl (C=O) groups excluding carboxylic acids is 1. The number of carbonyl (C=O) groups is 1. The van der Waals surface area contributed by atoms with E-state index in [2.05, 4.69) is 6.92 Å². The topological polar surface area (TPSA) is 32.8 Å². The van der Waals surface area contributed by atoms with Crippen LogP contribution in [0.1, 0.15) is 6.92 Å². The Morgan fingerprint density at radius 1 is 0.955 bits per heavy atom. The molecule has 1 fully saturated rings. The molecule has 0 saturated carbocycles. The number of amides is 2. The van der Waals surface area contributed by atoms with Gasteiger partial charge in [0.25, 0.3) is 0 Å². The molecule has 2 aromatic rings. The molecule has 0 aromatic heterocycles. The maximum absolute atomic E-state index is 12.9. The number of methoxy groups -OCH3 is 1. The first-order chi connectivity index (χ1) is 10.7. The van der Waals surface area contributed by atoms with Crippen LogP contribution < -0.4 is 14.5 Å². The first-order valence-corrected chi connectivity index (χ1v) is 7.47. The maximum atomic E-state index is 12.9. The molecule has 1 aliphatic heterocycles. The molecule has 2 amide bonds. The summed E-state index contributed by atoms with van der Waals surface area (Å²) in [6.07, 6.45) is 0. The Balaban J connectivity index is 1.93. The third-order valence-electron chi connectivity index (χ3n) is 3.88. The van der Waals surface area contributed by atoms with Crippen LogP contribution >= 0.6 is 0 Å². The lowest BCUT2D eigenvalue weighted by molar-refractivity contribution is 0.245. The van der Waals surface area contributed by atoms with Gasteiger partial charge in [0.2, 0.25) is 0 Å². The number of hydrogen-bond donors (Lipinski definition) is 0. The van der Waals surface area contributed by atoms with Gasteiger partial charge in [-0.15, -0.1) is 0 Å². The van der Waals surface area contributed by atoms with Crippen molar-refractivity contribution in [2.75, 3.05) is 30.0 Å². The highest BCUT2D eigenvalue weighted by Gasteiger charge is 2.31. The fourth-order valence-electron chi connectivity index (χ4n) is 2.80. The third-order valence-corrected chi connectivity index (χ3v) is 3.88. The van der Waals surface area contributed by atoms with Crippen molar-refractivity contribution in [3.05, 3.63) is 54.6 Å². The summed E-state index contributed by atoms with van der Waals surface area (Å²) in [4.78, 5) is 16.5. The van der Waals surface area contributed by atoms with Crippen LogP contribution in [0.4, 0.5) is 16.2 Å². The van der Waals surface area contributed by atoms with Crippen molar-refractivity contribution in [3.8, 4) is 5.75 Å². The predicted molar refractivity (Wildman–Crippen MR) is 88.7 cm³/mol. The van der Waals surface area contributed by atoms with Crippen LogP contribution in [0, 0.1) is 5.92 Å². The number of nitrogens with zero attached hydrogens (tertiary/aromatic N) is 2. The Morgan fingerprint density at radius 2 is 1.59 bits per heavy atom. The van der Waals surface area contributed by atoms with Crippen molar-refractivity contribution in [2.45, 2.75) is 6.92 Å². The number of para-hydroxylation sites is 1. The molecule has 1 atom stereocenters. The van der Waals surface area contributed by atoms with E-state index < -0.39 is 0 Å². The molecular formula is C18H20N2O2. The number of anilines is 2. The molecule has 4 nitrogen and oxygen atoms in total. The standard InChI is InChI=1S/C18H20N2O2/c1-14-12-19(15-7-4-3-5-8-15)18(21)20(13-14)16-9-6-10-17(11-16)22-2/h3-11,14H,12-13H2,1-2H3. The molecule has 0 aliphatic carbocycles. The van der Waals surface area contributed by atoms with Gasteiger partial charge in [0.15, 0.2) is 0 Å². The minimum Gasteiger partial charge on any atom is -0.497 e. The SMILES string of the molecule is COc1cccc(N2CC(C)CN(c3ccccc3)C2=O)c1. The average Bonchev–Trinajstić information content (AvgIpc) is 2.57. The van der Waals surface area contributed by atoms with Crippen LogP contribution in [-0.2, 0) is 0 Å². The third kappa shape index (κ3) is 2.77. The Bertz CT molecular complexity index is 657. The summed E-state index contributed by atoms with van der Waals surface area (Å²) in [6.45, 7) is 3.62. The molecule has 1 unspecified atom stereocenters.